The zero-order valence-electron chi connectivity index (χ0n) is 16.4. The highest BCUT2D eigenvalue weighted by Gasteiger charge is 2.27. The predicted molar refractivity (Wildman–Crippen MR) is 110 cm³/mol. The minimum Gasteiger partial charge on any atom is -0.480 e. The van der Waals surface area contributed by atoms with Crippen LogP contribution in [0.25, 0.3) is 0 Å². The first-order chi connectivity index (χ1) is 12.9. The number of carbonyl (C=O) groups excluding carboxylic acids is 2. The second kappa shape index (κ2) is 12.9. The van der Waals surface area contributed by atoms with E-state index in [2.05, 4.69) is 10.6 Å². The molecule has 0 heterocycles. The zero-order valence-corrected chi connectivity index (χ0v) is 18.0. The monoisotopic (exact) mass is 438 g/mol. The molecule has 162 valence electrons. The molecule has 0 aromatic rings. The van der Waals surface area contributed by atoms with Gasteiger partial charge in [-0.2, -0.15) is 0 Å². The van der Waals surface area contributed by atoms with Crippen molar-refractivity contribution in [3.63, 3.8) is 0 Å². The molecule has 0 aliphatic heterocycles. The van der Waals surface area contributed by atoms with Gasteiger partial charge in [0.15, 0.2) is 0 Å². The molecule has 0 spiro atoms. The molecule has 0 rings (SSSR count). The Balaban J connectivity index is 4.32. The van der Waals surface area contributed by atoms with Crippen molar-refractivity contribution >= 4 is 45.3 Å². The normalized spacial score (nSPS) is 15.6. The number of amides is 2. The maximum Gasteiger partial charge on any atom is 0.326 e. The van der Waals surface area contributed by atoms with E-state index in [1.54, 1.807) is 27.7 Å². The SMILES string of the molecule is CC(C)[C@H](NC(=O)[C@@H](N)CSSC[C@H](N)C(=O)N[C@H](C(=O)O)C(C)C)C(=O)O. The Morgan fingerprint density at radius 1 is 0.750 bits per heavy atom. The summed E-state index contributed by atoms with van der Waals surface area (Å²) < 4.78 is 0. The second-order valence-electron chi connectivity index (χ2n) is 6.92. The number of hydrogen-bond acceptors (Lipinski definition) is 8. The number of nitrogens with one attached hydrogen (secondary N) is 2. The molecule has 0 saturated carbocycles. The van der Waals surface area contributed by atoms with E-state index < -0.39 is 47.9 Å². The summed E-state index contributed by atoms with van der Waals surface area (Å²) in [7, 11) is 2.44. The van der Waals surface area contributed by atoms with Gasteiger partial charge in [-0.1, -0.05) is 49.3 Å². The van der Waals surface area contributed by atoms with Crippen LogP contribution >= 0.6 is 21.6 Å². The summed E-state index contributed by atoms with van der Waals surface area (Å²) >= 11 is 0. The molecule has 28 heavy (non-hydrogen) atoms. The summed E-state index contributed by atoms with van der Waals surface area (Å²) in [5.41, 5.74) is 11.5. The average molecular weight is 439 g/mol. The second-order valence-corrected chi connectivity index (χ2v) is 9.47. The third-order valence-corrected chi connectivity index (χ3v) is 6.19. The third kappa shape index (κ3) is 9.62. The van der Waals surface area contributed by atoms with Gasteiger partial charge in [0.05, 0.1) is 12.1 Å². The summed E-state index contributed by atoms with van der Waals surface area (Å²) in [4.78, 5) is 46.2. The van der Waals surface area contributed by atoms with Gasteiger partial charge in [0.2, 0.25) is 11.8 Å². The zero-order chi connectivity index (χ0) is 22.0. The van der Waals surface area contributed by atoms with Gasteiger partial charge in [-0.15, -0.1) is 0 Å². The van der Waals surface area contributed by atoms with Crippen molar-refractivity contribution in [1.82, 2.24) is 10.6 Å². The van der Waals surface area contributed by atoms with Crippen LogP contribution in [-0.2, 0) is 19.2 Å². The lowest BCUT2D eigenvalue weighted by Gasteiger charge is -2.21. The Morgan fingerprint density at radius 3 is 1.25 bits per heavy atom. The Labute approximate surface area is 172 Å². The highest BCUT2D eigenvalue weighted by Crippen LogP contribution is 2.22. The van der Waals surface area contributed by atoms with Gasteiger partial charge >= 0.3 is 11.9 Å². The van der Waals surface area contributed by atoms with E-state index in [4.69, 9.17) is 21.7 Å². The molecule has 0 radical (unpaired) electrons. The molecule has 0 aromatic heterocycles. The summed E-state index contributed by atoms with van der Waals surface area (Å²) in [6, 6.07) is -3.87. The van der Waals surface area contributed by atoms with Crippen molar-refractivity contribution in [2.24, 2.45) is 23.3 Å². The standard InChI is InChI=1S/C16H30N4O6S2/c1-7(2)11(15(23)24)19-13(21)9(17)5-27-28-6-10(18)14(22)20-12(8(3)4)16(25)26/h7-12H,5-6,17-18H2,1-4H3,(H,19,21)(H,20,22)(H,23,24)(H,25,26)/t9-,10-,11-,12-/m0/s1. The summed E-state index contributed by atoms with van der Waals surface area (Å²) in [6.45, 7) is 6.71. The molecule has 0 aliphatic carbocycles. The van der Waals surface area contributed by atoms with Crippen LogP contribution in [-0.4, -0.2) is 69.6 Å². The maximum absolute atomic E-state index is 12.0. The Bertz CT molecular complexity index is 513. The number of aliphatic carboxylic acids is 2. The van der Waals surface area contributed by atoms with Gasteiger partial charge in [-0.25, -0.2) is 9.59 Å². The molecule has 10 nitrogen and oxygen atoms in total. The number of hydrogen-bond donors (Lipinski definition) is 6. The van der Waals surface area contributed by atoms with Crippen LogP contribution in [0.1, 0.15) is 27.7 Å². The first kappa shape index (κ1) is 26.5. The summed E-state index contributed by atoms with van der Waals surface area (Å²) in [5.74, 6) is -3.58. The van der Waals surface area contributed by atoms with Crippen molar-refractivity contribution in [1.29, 1.82) is 0 Å². The molecule has 0 saturated heterocycles. The number of carboxylic acid groups (broad SMARTS) is 2. The molecule has 0 unspecified atom stereocenters. The molecule has 0 bridgehead atoms. The molecule has 4 atom stereocenters. The van der Waals surface area contributed by atoms with Gasteiger partial charge in [0.1, 0.15) is 12.1 Å². The van der Waals surface area contributed by atoms with E-state index in [1.165, 1.54) is 21.6 Å². The number of rotatable bonds is 13. The van der Waals surface area contributed by atoms with Crippen LogP contribution in [0.15, 0.2) is 0 Å². The fourth-order valence-electron chi connectivity index (χ4n) is 1.94. The van der Waals surface area contributed by atoms with Crippen LogP contribution in [0.2, 0.25) is 0 Å². The van der Waals surface area contributed by atoms with Crippen molar-refractivity contribution < 1.29 is 29.4 Å². The van der Waals surface area contributed by atoms with Gasteiger partial charge in [-0.3, -0.25) is 9.59 Å². The third-order valence-electron chi connectivity index (χ3n) is 3.71. The molecule has 0 aliphatic rings. The van der Waals surface area contributed by atoms with E-state index >= 15 is 0 Å². The minimum atomic E-state index is -1.13. The summed E-state index contributed by atoms with van der Waals surface area (Å²) in [6.07, 6.45) is 0. The van der Waals surface area contributed by atoms with Crippen molar-refractivity contribution in [3.05, 3.63) is 0 Å². The summed E-state index contributed by atoms with van der Waals surface area (Å²) in [5, 5.41) is 22.9. The number of nitrogens with two attached hydrogens (primary N) is 2. The fraction of sp³-hybridized carbons (Fsp3) is 0.750. The van der Waals surface area contributed by atoms with Gasteiger partial charge < -0.3 is 32.3 Å². The molecule has 0 aromatic carbocycles. The van der Waals surface area contributed by atoms with Gasteiger partial charge in [0.25, 0.3) is 0 Å². The lowest BCUT2D eigenvalue weighted by Crippen LogP contribution is -2.51. The van der Waals surface area contributed by atoms with E-state index in [-0.39, 0.29) is 23.3 Å². The number of carbonyl (C=O) groups is 4. The van der Waals surface area contributed by atoms with Crippen LogP contribution in [0.5, 0.6) is 0 Å². The average Bonchev–Trinajstić information content (AvgIpc) is 2.58. The van der Waals surface area contributed by atoms with Crippen molar-refractivity contribution in [3.8, 4) is 0 Å². The lowest BCUT2D eigenvalue weighted by atomic mass is 10.0. The maximum atomic E-state index is 12.0. The van der Waals surface area contributed by atoms with E-state index in [0.29, 0.717) is 0 Å². The fourth-order valence-corrected chi connectivity index (χ4v) is 4.19. The molecular formula is C16H30N4O6S2. The van der Waals surface area contributed by atoms with Crippen molar-refractivity contribution in [2.45, 2.75) is 51.9 Å². The number of carboxylic acids is 2. The first-order valence-corrected chi connectivity index (χ1v) is 11.2. The Kier molecular flexibility index (Phi) is 12.2. The quantitative estimate of drug-likeness (QED) is 0.161. The lowest BCUT2D eigenvalue weighted by molar-refractivity contribution is -0.143. The van der Waals surface area contributed by atoms with Crippen LogP contribution in [0.4, 0.5) is 0 Å². The smallest absolute Gasteiger partial charge is 0.326 e. The highest BCUT2D eigenvalue weighted by molar-refractivity contribution is 8.76. The molecule has 0 fully saturated rings. The van der Waals surface area contributed by atoms with Crippen molar-refractivity contribution in [2.75, 3.05) is 11.5 Å². The van der Waals surface area contributed by atoms with Crippen LogP contribution < -0.4 is 22.1 Å². The molecule has 2 amide bonds. The minimum absolute atomic E-state index is 0.193. The van der Waals surface area contributed by atoms with E-state index in [0.717, 1.165) is 0 Å². The first-order valence-electron chi connectivity index (χ1n) is 8.70. The predicted octanol–water partition coefficient (Wildman–Crippen LogP) is -0.527. The largest absolute Gasteiger partial charge is 0.480 e. The van der Waals surface area contributed by atoms with Crippen LogP contribution in [0.3, 0.4) is 0 Å². The van der Waals surface area contributed by atoms with E-state index in [1.807, 2.05) is 0 Å². The van der Waals surface area contributed by atoms with E-state index in [9.17, 15) is 19.2 Å². The molecular weight excluding hydrogens is 408 g/mol. The van der Waals surface area contributed by atoms with Gasteiger partial charge in [-0.05, 0) is 11.8 Å². The Hall–Kier alpha value is -1.50. The Morgan fingerprint density at radius 2 is 1.04 bits per heavy atom. The van der Waals surface area contributed by atoms with Crippen LogP contribution in [0, 0.1) is 11.8 Å². The topological polar surface area (TPSA) is 185 Å². The highest BCUT2D eigenvalue weighted by atomic mass is 33.1. The molecule has 12 heteroatoms. The molecule has 8 N–H and O–H groups in total. The van der Waals surface area contributed by atoms with Gasteiger partial charge in [0, 0.05) is 11.5 Å².